The van der Waals surface area contributed by atoms with Crippen molar-refractivity contribution >= 4 is 42.0 Å². The number of nitrogens with zero attached hydrogens (tertiary/aromatic N) is 5. The number of nitrogen functional groups attached to an aromatic ring is 1. The van der Waals surface area contributed by atoms with Gasteiger partial charge < -0.3 is 30.5 Å². The summed E-state index contributed by atoms with van der Waals surface area (Å²) in [5, 5.41) is 23.4. The van der Waals surface area contributed by atoms with Crippen LogP contribution >= 0.6 is 19.3 Å². The van der Waals surface area contributed by atoms with Gasteiger partial charge in [-0.05, 0) is 17.7 Å². The number of hydrogen-bond donors (Lipinski definition) is 5. The van der Waals surface area contributed by atoms with Crippen LogP contribution < -0.4 is 15.7 Å². The number of nitrogens with one attached hydrogen (secondary N) is 1. The second-order valence-electron chi connectivity index (χ2n) is 8.06. The first kappa shape index (κ1) is 25.7. The standard InChI is InChI=1S/C20H27ClN7O6P/c1-27(7-6-21)13-4-2-12(3-5-13)8-26-35(31,32)33-9-14-16(29)17(30)20(34-14)28-11-25-15-18(22)23-10-24-19(15)28/h2-5,10-11,14,16-17,20,29-30H,6-9H2,1H3,(H2,22,23,24)(H2,26,31,32)/t14-,16-,17-,20-/m1/s1. The van der Waals surface area contributed by atoms with Gasteiger partial charge in [0.25, 0.3) is 0 Å². The second-order valence-corrected chi connectivity index (χ2v) is 10.1. The molecule has 0 bridgehead atoms. The lowest BCUT2D eigenvalue weighted by molar-refractivity contribution is -0.0487. The van der Waals surface area contributed by atoms with Crippen molar-refractivity contribution in [2.75, 3.05) is 36.7 Å². The molecule has 13 nitrogen and oxygen atoms in total. The third kappa shape index (κ3) is 5.74. The molecule has 1 aliphatic heterocycles. The van der Waals surface area contributed by atoms with E-state index in [0.717, 1.165) is 11.3 Å². The molecule has 0 amide bonds. The summed E-state index contributed by atoms with van der Waals surface area (Å²) in [5.41, 5.74) is 8.15. The fourth-order valence-corrected chi connectivity index (χ4v) is 4.76. The number of nitrogens with two attached hydrogens (primary N) is 1. The summed E-state index contributed by atoms with van der Waals surface area (Å²) >= 11 is 5.76. The van der Waals surface area contributed by atoms with Crippen LogP contribution in [-0.4, -0.2) is 79.0 Å². The molecule has 1 aliphatic rings. The summed E-state index contributed by atoms with van der Waals surface area (Å²) in [6.45, 7) is 0.332. The molecule has 3 aromatic rings. The first-order valence-electron chi connectivity index (χ1n) is 10.7. The summed E-state index contributed by atoms with van der Waals surface area (Å²) in [6.07, 6.45) is -2.28. The van der Waals surface area contributed by atoms with Crippen LogP contribution in [0.4, 0.5) is 11.5 Å². The molecule has 0 aliphatic carbocycles. The van der Waals surface area contributed by atoms with Crippen molar-refractivity contribution in [1.82, 2.24) is 24.6 Å². The van der Waals surface area contributed by atoms with Crippen LogP contribution in [0.2, 0.25) is 0 Å². The monoisotopic (exact) mass is 527 g/mol. The molecule has 3 heterocycles. The van der Waals surface area contributed by atoms with E-state index >= 15 is 0 Å². The third-order valence-electron chi connectivity index (χ3n) is 5.69. The molecule has 1 unspecified atom stereocenters. The average Bonchev–Trinajstić information content (AvgIpc) is 3.39. The van der Waals surface area contributed by atoms with Crippen molar-refractivity contribution in [3.05, 3.63) is 42.5 Å². The molecule has 1 saturated heterocycles. The summed E-state index contributed by atoms with van der Waals surface area (Å²) < 4.78 is 24.7. The molecule has 15 heteroatoms. The molecular weight excluding hydrogens is 501 g/mol. The number of aliphatic hydroxyl groups excluding tert-OH is 2. The van der Waals surface area contributed by atoms with Gasteiger partial charge in [0.2, 0.25) is 0 Å². The van der Waals surface area contributed by atoms with Gasteiger partial charge in [0, 0.05) is 31.7 Å². The quantitative estimate of drug-likeness (QED) is 0.183. The Bertz CT molecular complexity index is 1200. The highest BCUT2D eigenvalue weighted by Gasteiger charge is 2.45. The molecular formula is C20H27ClN7O6P. The van der Waals surface area contributed by atoms with E-state index in [4.69, 9.17) is 26.6 Å². The molecule has 0 saturated carbocycles. The SMILES string of the molecule is CN(CCCl)c1ccc(CNP(=O)(O)OC[C@H]2O[C@@H](n3cnc4c(N)ncnc43)[C@H](O)[C@@H]2O)cc1. The molecule has 6 N–H and O–H groups in total. The Hall–Kier alpha value is -2.35. The smallest absolute Gasteiger partial charge is 0.387 e. The van der Waals surface area contributed by atoms with Crippen LogP contribution in [0.3, 0.4) is 0 Å². The van der Waals surface area contributed by atoms with E-state index in [0.29, 0.717) is 23.6 Å². The molecule has 4 rings (SSSR count). The first-order valence-corrected chi connectivity index (χ1v) is 12.8. The van der Waals surface area contributed by atoms with Gasteiger partial charge in [-0.15, -0.1) is 11.6 Å². The van der Waals surface area contributed by atoms with Crippen LogP contribution in [0.5, 0.6) is 0 Å². The highest BCUT2D eigenvalue weighted by molar-refractivity contribution is 7.50. The Kier molecular flexibility index (Phi) is 7.89. The molecule has 0 radical (unpaired) electrons. The number of imidazole rings is 1. The van der Waals surface area contributed by atoms with E-state index in [9.17, 15) is 19.7 Å². The van der Waals surface area contributed by atoms with E-state index in [2.05, 4.69) is 20.0 Å². The molecule has 2 aromatic heterocycles. The number of rotatable bonds is 10. The first-order chi connectivity index (χ1) is 16.7. The summed E-state index contributed by atoms with van der Waals surface area (Å²) in [6, 6.07) is 7.41. The lowest BCUT2D eigenvalue weighted by atomic mass is 10.1. The van der Waals surface area contributed by atoms with E-state index in [-0.39, 0.29) is 12.4 Å². The fourth-order valence-electron chi connectivity index (χ4n) is 3.69. The second kappa shape index (κ2) is 10.7. The number of hydrogen-bond acceptors (Lipinski definition) is 10. The maximum absolute atomic E-state index is 12.5. The van der Waals surface area contributed by atoms with Gasteiger partial charge in [0.1, 0.15) is 30.2 Å². The Morgan fingerprint density at radius 3 is 2.71 bits per heavy atom. The summed E-state index contributed by atoms with van der Waals surface area (Å²) in [5.74, 6) is 0.662. The third-order valence-corrected chi connectivity index (χ3v) is 6.92. The highest BCUT2D eigenvalue weighted by Crippen LogP contribution is 2.40. The molecule has 1 fully saturated rings. The lowest BCUT2D eigenvalue weighted by Gasteiger charge is -2.19. The maximum Gasteiger partial charge on any atom is 0.403 e. The lowest BCUT2D eigenvalue weighted by Crippen LogP contribution is -2.34. The van der Waals surface area contributed by atoms with Crippen molar-refractivity contribution in [2.24, 2.45) is 0 Å². The number of halogens is 1. The zero-order valence-electron chi connectivity index (χ0n) is 18.8. The van der Waals surface area contributed by atoms with Crippen LogP contribution in [-0.2, 0) is 20.4 Å². The van der Waals surface area contributed by atoms with E-state index in [1.165, 1.54) is 17.2 Å². The van der Waals surface area contributed by atoms with Crippen molar-refractivity contribution in [3.63, 3.8) is 0 Å². The normalized spacial score (nSPS) is 24.0. The van der Waals surface area contributed by atoms with Gasteiger partial charge in [0.05, 0.1) is 12.9 Å². The van der Waals surface area contributed by atoms with E-state index in [1.54, 1.807) is 0 Å². The topological polar surface area (TPSA) is 181 Å². The average molecular weight is 528 g/mol. The van der Waals surface area contributed by atoms with Gasteiger partial charge in [-0.1, -0.05) is 12.1 Å². The van der Waals surface area contributed by atoms with Crippen molar-refractivity contribution in [1.29, 1.82) is 0 Å². The number of benzene rings is 1. The molecule has 190 valence electrons. The van der Waals surface area contributed by atoms with E-state index in [1.807, 2.05) is 36.2 Å². The van der Waals surface area contributed by atoms with Gasteiger partial charge in [0.15, 0.2) is 17.7 Å². The van der Waals surface area contributed by atoms with E-state index < -0.39 is 38.9 Å². The van der Waals surface area contributed by atoms with Crippen LogP contribution in [0, 0.1) is 0 Å². The Balaban J connectivity index is 1.33. The van der Waals surface area contributed by atoms with Crippen LogP contribution in [0.15, 0.2) is 36.9 Å². The minimum Gasteiger partial charge on any atom is -0.387 e. The van der Waals surface area contributed by atoms with Crippen molar-refractivity contribution < 1.29 is 28.9 Å². The minimum atomic E-state index is -4.23. The summed E-state index contributed by atoms with van der Waals surface area (Å²) in [4.78, 5) is 24.2. The largest absolute Gasteiger partial charge is 0.403 e. The fraction of sp³-hybridized carbons (Fsp3) is 0.450. The van der Waals surface area contributed by atoms with Gasteiger partial charge in [-0.25, -0.2) is 24.6 Å². The molecule has 1 aromatic carbocycles. The number of aliphatic hydroxyl groups is 2. The zero-order chi connectivity index (χ0) is 25.2. The van der Waals surface area contributed by atoms with Gasteiger partial charge in [-0.2, -0.15) is 0 Å². The van der Waals surface area contributed by atoms with Gasteiger partial charge >= 0.3 is 7.75 Å². The number of aromatic nitrogens is 4. The number of anilines is 2. The number of alkyl halides is 1. The Morgan fingerprint density at radius 2 is 2.00 bits per heavy atom. The van der Waals surface area contributed by atoms with Crippen LogP contribution in [0.1, 0.15) is 11.8 Å². The molecule has 0 spiro atoms. The zero-order valence-corrected chi connectivity index (χ0v) is 20.5. The predicted octanol–water partition coefficient (Wildman–Crippen LogP) is 0.609. The highest BCUT2D eigenvalue weighted by atomic mass is 35.5. The minimum absolute atomic E-state index is 0.0781. The predicted molar refractivity (Wildman–Crippen MR) is 129 cm³/mol. The Morgan fingerprint density at radius 1 is 1.26 bits per heavy atom. The molecule has 35 heavy (non-hydrogen) atoms. The maximum atomic E-state index is 12.5. The number of fused-ring (bicyclic) bond motifs is 1. The van der Waals surface area contributed by atoms with Crippen molar-refractivity contribution in [2.45, 2.75) is 31.1 Å². The van der Waals surface area contributed by atoms with Crippen molar-refractivity contribution in [3.8, 4) is 0 Å². The van der Waals surface area contributed by atoms with Crippen LogP contribution in [0.25, 0.3) is 11.2 Å². The summed E-state index contributed by atoms with van der Waals surface area (Å²) in [7, 11) is -2.31. The molecule has 5 atom stereocenters. The Labute approximate surface area is 206 Å². The number of ether oxygens (including phenoxy) is 1. The van der Waals surface area contributed by atoms with Gasteiger partial charge in [-0.3, -0.25) is 9.09 Å².